The molecule has 2 aliphatic rings. The molecule has 0 bridgehead atoms. The van der Waals surface area contributed by atoms with Crippen molar-refractivity contribution in [3.63, 3.8) is 0 Å². The van der Waals surface area contributed by atoms with Gasteiger partial charge in [0.25, 0.3) is 5.91 Å². The Kier molecular flexibility index (Phi) is 5.18. The first-order chi connectivity index (χ1) is 11.2. The molecule has 1 aromatic carbocycles. The molecule has 2 fully saturated rings. The Morgan fingerprint density at radius 2 is 1.87 bits per heavy atom. The monoisotopic (exact) mass is 318 g/mol. The number of piperazine rings is 1. The average Bonchev–Trinajstić information content (AvgIpc) is 3.01. The summed E-state index contributed by atoms with van der Waals surface area (Å²) in [7, 11) is 0. The first kappa shape index (κ1) is 16.3. The maximum absolute atomic E-state index is 12.6. The standard InChI is InChI=1S/C18H26N2O3/c1-2-23-15-8-6-14(7-9-15)18(22)20-12-10-19(11-13-20)16-4-3-5-17(16)21/h6-9,16-17,21H,2-5,10-13H2,1H3/t16-,17-/m0/s1. The van der Waals surface area contributed by atoms with Crippen LogP contribution in [0.1, 0.15) is 36.5 Å². The zero-order valence-electron chi connectivity index (χ0n) is 13.8. The Balaban J connectivity index is 1.55. The van der Waals surface area contributed by atoms with Crippen LogP contribution in [0.5, 0.6) is 5.75 Å². The van der Waals surface area contributed by atoms with Crippen LogP contribution < -0.4 is 4.74 Å². The molecule has 5 heteroatoms. The second-order valence-corrected chi connectivity index (χ2v) is 6.35. The van der Waals surface area contributed by atoms with Gasteiger partial charge in [-0.3, -0.25) is 9.69 Å². The van der Waals surface area contributed by atoms with E-state index in [2.05, 4.69) is 4.90 Å². The van der Waals surface area contributed by atoms with E-state index in [4.69, 9.17) is 4.74 Å². The number of amides is 1. The third-order valence-electron chi connectivity index (χ3n) is 4.93. The Labute approximate surface area is 137 Å². The average molecular weight is 318 g/mol. The van der Waals surface area contributed by atoms with Gasteiger partial charge >= 0.3 is 0 Å². The number of carbonyl (C=O) groups is 1. The van der Waals surface area contributed by atoms with Crippen LogP contribution in [0.2, 0.25) is 0 Å². The lowest BCUT2D eigenvalue weighted by Gasteiger charge is -2.39. The van der Waals surface area contributed by atoms with E-state index in [-0.39, 0.29) is 18.1 Å². The highest BCUT2D eigenvalue weighted by Crippen LogP contribution is 2.25. The molecule has 0 unspecified atom stereocenters. The van der Waals surface area contributed by atoms with Crippen LogP contribution in [0.4, 0.5) is 0 Å². The van der Waals surface area contributed by atoms with E-state index in [1.54, 1.807) is 0 Å². The van der Waals surface area contributed by atoms with Gasteiger partial charge in [0.05, 0.1) is 12.7 Å². The molecule has 5 nitrogen and oxygen atoms in total. The summed E-state index contributed by atoms with van der Waals surface area (Å²) in [5.74, 6) is 0.878. The molecule has 0 spiro atoms. The zero-order valence-corrected chi connectivity index (χ0v) is 13.8. The summed E-state index contributed by atoms with van der Waals surface area (Å²) in [5, 5.41) is 10.0. The molecule has 1 aliphatic carbocycles. The number of aliphatic hydroxyl groups excluding tert-OH is 1. The molecular formula is C18H26N2O3. The van der Waals surface area contributed by atoms with Crippen molar-refractivity contribution in [3.8, 4) is 5.75 Å². The molecule has 3 rings (SSSR count). The molecule has 1 aliphatic heterocycles. The number of carbonyl (C=O) groups excluding carboxylic acids is 1. The molecule has 1 N–H and O–H groups in total. The van der Waals surface area contributed by atoms with Crippen LogP contribution in [-0.4, -0.2) is 65.7 Å². The van der Waals surface area contributed by atoms with E-state index in [9.17, 15) is 9.90 Å². The van der Waals surface area contributed by atoms with E-state index in [1.165, 1.54) is 0 Å². The van der Waals surface area contributed by atoms with Gasteiger partial charge in [0.2, 0.25) is 0 Å². The Morgan fingerprint density at radius 3 is 2.43 bits per heavy atom. The van der Waals surface area contributed by atoms with Gasteiger partial charge in [-0.15, -0.1) is 0 Å². The SMILES string of the molecule is CCOc1ccc(C(=O)N2CCN([C@H]3CCC[C@@H]3O)CC2)cc1. The molecule has 1 saturated heterocycles. The number of benzene rings is 1. The molecule has 0 aromatic heterocycles. The summed E-state index contributed by atoms with van der Waals surface area (Å²) in [5.41, 5.74) is 0.711. The van der Waals surface area contributed by atoms with Crippen molar-refractivity contribution < 1.29 is 14.6 Å². The van der Waals surface area contributed by atoms with E-state index in [0.717, 1.165) is 51.2 Å². The quantitative estimate of drug-likeness (QED) is 0.919. The summed E-state index contributed by atoms with van der Waals surface area (Å²) in [6.07, 6.45) is 2.91. The minimum atomic E-state index is -0.191. The first-order valence-corrected chi connectivity index (χ1v) is 8.63. The van der Waals surface area contributed by atoms with Crippen LogP contribution in [0.25, 0.3) is 0 Å². The van der Waals surface area contributed by atoms with Crippen molar-refractivity contribution in [1.82, 2.24) is 9.80 Å². The smallest absolute Gasteiger partial charge is 0.253 e. The third-order valence-corrected chi connectivity index (χ3v) is 4.93. The highest BCUT2D eigenvalue weighted by atomic mass is 16.5. The molecule has 23 heavy (non-hydrogen) atoms. The van der Waals surface area contributed by atoms with Crippen LogP contribution in [0.3, 0.4) is 0 Å². The molecule has 126 valence electrons. The predicted molar refractivity (Wildman–Crippen MR) is 88.7 cm³/mol. The van der Waals surface area contributed by atoms with E-state index in [1.807, 2.05) is 36.1 Å². The maximum atomic E-state index is 12.6. The Hall–Kier alpha value is -1.59. The summed E-state index contributed by atoms with van der Waals surface area (Å²) in [6.45, 7) is 5.74. The summed E-state index contributed by atoms with van der Waals surface area (Å²) in [4.78, 5) is 16.8. The zero-order chi connectivity index (χ0) is 16.2. The Morgan fingerprint density at radius 1 is 1.17 bits per heavy atom. The molecule has 1 saturated carbocycles. The second kappa shape index (κ2) is 7.32. The highest BCUT2D eigenvalue weighted by Gasteiger charge is 2.33. The molecule has 1 heterocycles. The Bertz CT molecular complexity index is 524. The van der Waals surface area contributed by atoms with Gasteiger partial charge < -0.3 is 14.7 Å². The normalized spacial score (nSPS) is 25.6. The number of rotatable bonds is 4. The fourth-order valence-corrected chi connectivity index (χ4v) is 3.65. The fourth-order valence-electron chi connectivity index (χ4n) is 3.65. The van der Waals surface area contributed by atoms with Crippen LogP contribution >= 0.6 is 0 Å². The van der Waals surface area contributed by atoms with Crippen molar-refractivity contribution >= 4 is 5.91 Å². The minimum absolute atomic E-state index is 0.0830. The lowest BCUT2D eigenvalue weighted by Crippen LogP contribution is -2.53. The van der Waals surface area contributed by atoms with Gasteiger partial charge in [-0.05, 0) is 50.5 Å². The lowest BCUT2D eigenvalue weighted by atomic mass is 10.1. The van der Waals surface area contributed by atoms with Crippen LogP contribution in [-0.2, 0) is 0 Å². The van der Waals surface area contributed by atoms with Gasteiger partial charge in [0, 0.05) is 37.8 Å². The van der Waals surface area contributed by atoms with Crippen molar-refractivity contribution in [3.05, 3.63) is 29.8 Å². The number of aliphatic hydroxyl groups is 1. The largest absolute Gasteiger partial charge is 0.494 e. The molecular weight excluding hydrogens is 292 g/mol. The fraction of sp³-hybridized carbons (Fsp3) is 0.611. The summed E-state index contributed by atoms with van der Waals surface area (Å²) < 4.78 is 5.41. The maximum Gasteiger partial charge on any atom is 0.253 e. The van der Waals surface area contributed by atoms with E-state index >= 15 is 0 Å². The lowest BCUT2D eigenvalue weighted by molar-refractivity contribution is 0.0315. The topological polar surface area (TPSA) is 53.0 Å². The van der Waals surface area contributed by atoms with Crippen LogP contribution in [0.15, 0.2) is 24.3 Å². The number of hydrogen-bond acceptors (Lipinski definition) is 4. The van der Waals surface area contributed by atoms with E-state index < -0.39 is 0 Å². The van der Waals surface area contributed by atoms with Crippen molar-refractivity contribution in [2.75, 3.05) is 32.8 Å². The van der Waals surface area contributed by atoms with Crippen LogP contribution in [0, 0.1) is 0 Å². The number of nitrogens with zero attached hydrogens (tertiary/aromatic N) is 2. The van der Waals surface area contributed by atoms with Gasteiger partial charge in [0.15, 0.2) is 0 Å². The molecule has 0 radical (unpaired) electrons. The van der Waals surface area contributed by atoms with Gasteiger partial charge in [0.1, 0.15) is 5.75 Å². The second-order valence-electron chi connectivity index (χ2n) is 6.35. The number of hydrogen-bond donors (Lipinski definition) is 1. The highest BCUT2D eigenvalue weighted by molar-refractivity contribution is 5.94. The van der Waals surface area contributed by atoms with Gasteiger partial charge in [-0.1, -0.05) is 0 Å². The van der Waals surface area contributed by atoms with Crippen molar-refractivity contribution in [1.29, 1.82) is 0 Å². The molecule has 1 amide bonds. The van der Waals surface area contributed by atoms with Crippen molar-refractivity contribution in [2.45, 2.75) is 38.3 Å². The first-order valence-electron chi connectivity index (χ1n) is 8.63. The minimum Gasteiger partial charge on any atom is -0.494 e. The molecule has 1 aromatic rings. The molecule has 2 atom stereocenters. The van der Waals surface area contributed by atoms with Gasteiger partial charge in [-0.25, -0.2) is 0 Å². The van der Waals surface area contributed by atoms with Gasteiger partial charge in [-0.2, -0.15) is 0 Å². The summed E-state index contributed by atoms with van der Waals surface area (Å²) in [6, 6.07) is 7.66. The predicted octanol–water partition coefficient (Wildman–Crippen LogP) is 1.76. The number of ether oxygens (including phenoxy) is 1. The summed E-state index contributed by atoms with van der Waals surface area (Å²) >= 11 is 0. The van der Waals surface area contributed by atoms with E-state index in [0.29, 0.717) is 12.2 Å². The third kappa shape index (κ3) is 3.67. The van der Waals surface area contributed by atoms with Crippen molar-refractivity contribution in [2.24, 2.45) is 0 Å².